The van der Waals surface area contributed by atoms with Crippen molar-refractivity contribution in [1.82, 2.24) is 10.2 Å². The van der Waals surface area contributed by atoms with E-state index in [-0.39, 0.29) is 11.9 Å². The van der Waals surface area contributed by atoms with Gasteiger partial charge in [-0.2, -0.15) is 0 Å². The third-order valence-electron chi connectivity index (χ3n) is 5.20. The fourth-order valence-corrected chi connectivity index (χ4v) is 3.91. The first-order valence-corrected chi connectivity index (χ1v) is 9.15. The third-order valence-corrected chi connectivity index (χ3v) is 5.20. The van der Waals surface area contributed by atoms with Crippen molar-refractivity contribution in [3.05, 3.63) is 54.1 Å². The predicted octanol–water partition coefficient (Wildman–Crippen LogP) is 3.31. The van der Waals surface area contributed by atoms with Crippen molar-refractivity contribution in [1.29, 1.82) is 0 Å². The number of hydrogen-bond acceptors (Lipinski definition) is 4. The molecule has 0 saturated carbocycles. The molecule has 5 heteroatoms. The molecule has 2 bridgehead atoms. The Kier molecular flexibility index (Phi) is 4.80. The number of piperidine rings is 1. The van der Waals surface area contributed by atoms with E-state index in [0.29, 0.717) is 17.1 Å². The summed E-state index contributed by atoms with van der Waals surface area (Å²) in [6.45, 7) is 3.34. The van der Waals surface area contributed by atoms with Gasteiger partial charge < -0.3 is 19.7 Å². The van der Waals surface area contributed by atoms with Gasteiger partial charge in [-0.15, -0.1) is 0 Å². The van der Waals surface area contributed by atoms with Gasteiger partial charge in [-0.05, 0) is 61.7 Å². The molecule has 2 heterocycles. The van der Waals surface area contributed by atoms with Crippen LogP contribution in [-0.2, 0) is 0 Å². The first-order chi connectivity index (χ1) is 12.7. The molecule has 2 saturated heterocycles. The van der Waals surface area contributed by atoms with Crippen LogP contribution in [0.3, 0.4) is 0 Å². The Morgan fingerprint density at radius 1 is 1.08 bits per heavy atom. The highest BCUT2D eigenvalue weighted by Crippen LogP contribution is 2.27. The van der Waals surface area contributed by atoms with Gasteiger partial charge >= 0.3 is 0 Å². The molecule has 0 aromatic heterocycles. The minimum atomic E-state index is -0.00886. The van der Waals surface area contributed by atoms with Crippen molar-refractivity contribution in [2.45, 2.75) is 18.9 Å². The Morgan fingerprint density at radius 2 is 1.88 bits per heavy atom. The van der Waals surface area contributed by atoms with Crippen LogP contribution in [-0.4, -0.2) is 43.6 Å². The normalized spacial score (nSPS) is 24.1. The van der Waals surface area contributed by atoms with Crippen molar-refractivity contribution >= 4 is 5.91 Å². The molecular weight excluding hydrogens is 328 g/mol. The van der Waals surface area contributed by atoms with Gasteiger partial charge in [0.1, 0.15) is 17.2 Å². The summed E-state index contributed by atoms with van der Waals surface area (Å²) in [5.41, 5.74) is 0.663. The largest absolute Gasteiger partial charge is 0.497 e. The standard InChI is InChI=1S/C21H24N2O3/c1-25-19-3-2-4-20(12-19)26-18-7-5-16(6-8-18)21(24)22-17-11-15-9-10-23(13-15)14-17/h2-8,12,15,17H,9-11,13-14H2,1H3,(H,22,24)/t15-,17+/m0/s1. The van der Waals surface area contributed by atoms with Crippen LogP contribution in [0.15, 0.2) is 48.5 Å². The summed E-state index contributed by atoms with van der Waals surface area (Å²) in [7, 11) is 1.63. The maximum atomic E-state index is 12.5. The van der Waals surface area contributed by atoms with E-state index in [9.17, 15) is 4.79 Å². The number of fused-ring (bicyclic) bond motifs is 2. The van der Waals surface area contributed by atoms with Crippen molar-refractivity contribution < 1.29 is 14.3 Å². The van der Waals surface area contributed by atoms with Gasteiger partial charge in [0.25, 0.3) is 5.91 Å². The van der Waals surface area contributed by atoms with E-state index < -0.39 is 0 Å². The molecule has 2 aliphatic heterocycles. The second kappa shape index (κ2) is 7.38. The number of hydrogen-bond donors (Lipinski definition) is 1. The molecule has 2 aromatic carbocycles. The van der Waals surface area contributed by atoms with Gasteiger partial charge in [0.05, 0.1) is 7.11 Å². The van der Waals surface area contributed by atoms with Gasteiger partial charge in [0, 0.05) is 30.8 Å². The van der Waals surface area contributed by atoms with E-state index in [1.54, 1.807) is 7.11 Å². The average Bonchev–Trinajstić information content (AvgIpc) is 3.00. The second-order valence-electron chi connectivity index (χ2n) is 7.13. The Morgan fingerprint density at radius 3 is 2.65 bits per heavy atom. The molecular formula is C21H24N2O3. The summed E-state index contributed by atoms with van der Waals surface area (Å²) in [4.78, 5) is 15.0. The summed E-state index contributed by atoms with van der Waals surface area (Å²) in [6, 6.07) is 15.0. The van der Waals surface area contributed by atoms with E-state index in [2.05, 4.69) is 10.2 Å². The molecule has 2 aliphatic rings. The van der Waals surface area contributed by atoms with Crippen LogP contribution >= 0.6 is 0 Å². The average molecular weight is 352 g/mol. The van der Waals surface area contributed by atoms with Crippen LogP contribution in [0.2, 0.25) is 0 Å². The van der Waals surface area contributed by atoms with Crippen LogP contribution in [0.5, 0.6) is 17.2 Å². The zero-order valence-electron chi connectivity index (χ0n) is 15.0. The Balaban J connectivity index is 1.36. The van der Waals surface area contributed by atoms with Crippen LogP contribution < -0.4 is 14.8 Å². The van der Waals surface area contributed by atoms with Crippen LogP contribution in [0.4, 0.5) is 0 Å². The number of methoxy groups -OCH3 is 1. The number of carbonyl (C=O) groups excluding carboxylic acids is 1. The first kappa shape index (κ1) is 16.9. The lowest BCUT2D eigenvalue weighted by molar-refractivity contribution is 0.0909. The van der Waals surface area contributed by atoms with Crippen molar-refractivity contribution in [3.63, 3.8) is 0 Å². The highest BCUT2D eigenvalue weighted by Gasteiger charge is 2.32. The van der Waals surface area contributed by atoms with Crippen molar-refractivity contribution in [2.24, 2.45) is 5.92 Å². The molecule has 1 unspecified atom stereocenters. The van der Waals surface area contributed by atoms with E-state index in [1.807, 2.05) is 48.5 Å². The quantitative estimate of drug-likeness (QED) is 0.897. The monoisotopic (exact) mass is 352 g/mol. The topological polar surface area (TPSA) is 50.8 Å². The molecule has 1 N–H and O–H groups in total. The molecule has 2 fully saturated rings. The third kappa shape index (κ3) is 3.83. The summed E-state index contributed by atoms with van der Waals surface area (Å²) in [5, 5.41) is 3.18. The minimum absolute atomic E-state index is 0.00886. The highest BCUT2D eigenvalue weighted by molar-refractivity contribution is 5.94. The second-order valence-corrected chi connectivity index (χ2v) is 7.13. The van der Waals surface area contributed by atoms with Crippen molar-refractivity contribution in [3.8, 4) is 17.2 Å². The van der Waals surface area contributed by atoms with E-state index in [1.165, 1.54) is 19.5 Å². The highest BCUT2D eigenvalue weighted by atomic mass is 16.5. The summed E-state index contributed by atoms with van der Waals surface area (Å²) >= 11 is 0. The van der Waals surface area contributed by atoms with Gasteiger partial charge in [-0.1, -0.05) is 6.07 Å². The maximum absolute atomic E-state index is 12.5. The molecule has 0 radical (unpaired) electrons. The molecule has 136 valence electrons. The maximum Gasteiger partial charge on any atom is 0.251 e. The van der Waals surface area contributed by atoms with Gasteiger partial charge in [0.15, 0.2) is 0 Å². The summed E-state index contributed by atoms with van der Waals surface area (Å²) in [6.07, 6.45) is 2.36. The lowest BCUT2D eigenvalue weighted by Gasteiger charge is -2.30. The molecule has 0 aliphatic carbocycles. The van der Waals surface area contributed by atoms with Gasteiger partial charge in [0.2, 0.25) is 0 Å². The SMILES string of the molecule is COc1cccc(Oc2ccc(C(=O)N[C@@H]3C[C@@H]4CCN(C4)C3)cc2)c1. The number of amides is 1. The van der Waals surface area contributed by atoms with E-state index in [4.69, 9.17) is 9.47 Å². The molecule has 3 atom stereocenters. The summed E-state index contributed by atoms with van der Waals surface area (Å²) in [5.74, 6) is 2.87. The van der Waals surface area contributed by atoms with E-state index in [0.717, 1.165) is 24.6 Å². The number of nitrogens with zero attached hydrogens (tertiary/aromatic N) is 1. The Labute approximate surface area is 153 Å². The molecule has 2 aromatic rings. The Hall–Kier alpha value is -2.53. The minimum Gasteiger partial charge on any atom is -0.497 e. The number of carbonyl (C=O) groups is 1. The lowest BCUT2D eigenvalue weighted by atomic mass is 9.96. The smallest absolute Gasteiger partial charge is 0.251 e. The fourth-order valence-electron chi connectivity index (χ4n) is 3.91. The van der Waals surface area contributed by atoms with Crippen LogP contribution in [0, 0.1) is 5.92 Å². The van der Waals surface area contributed by atoms with Gasteiger partial charge in [-0.3, -0.25) is 4.79 Å². The predicted molar refractivity (Wildman–Crippen MR) is 99.9 cm³/mol. The van der Waals surface area contributed by atoms with Crippen LogP contribution in [0.25, 0.3) is 0 Å². The van der Waals surface area contributed by atoms with Gasteiger partial charge in [-0.25, -0.2) is 0 Å². The van der Waals surface area contributed by atoms with E-state index >= 15 is 0 Å². The summed E-state index contributed by atoms with van der Waals surface area (Å²) < 4.78 is 11.0. The number of benzene rings is 2. The molecule has 4 rings (SSSR count). The van der Waals surface area contributed by atoms with Crippen molar-refractivity contribution in [2.75, 3.05) is 26.7 Å². The zero-order chi connectivity index (χ0) is 17.9. The first-order valence-electron chi connectivity index (χ1n) is 9.15. The molecule has 0 spiro atoms. The fraction of sp³-hybridized carbons (Fsp3) is 0.381. The Bertz CT molecular complexity index is 763. The molecule has 5 nitrogen and oxygen atoms in total. The lowest BCUT2D eigenvalue weighted by Crippen LogP contribution is -2.46. The number of ether oxygens (including phenoxy) is 2. The number of nitrogens with one attached hydrogen (secondary N) is 1. The zero-order valence-corrected chi connectivity index (χ0v) is 15.0. The molecule has 1 amide bonds. The molecule has 26 heavy (non-hydrogen) atoms. The number of rotatable bonds is 5. The van der Waals surface area contributed by atoms with Crippen LogP contribution in [0.1, 0.15) is 23.2 Å².